The van der Waals surface area contributed by atoms with Crippen LogP contribution in [0.4, 0.5) is 0 Å². The summed E-state index contributed by atoms with van der Waals surface area (Å²) in [4.78, 5) is 16.3. The molecule has 0 unspecified atom stereocenters. The maximum atomic E-state index is 12.1. The van der Waals surface area contributed by atoms with Gasteiger partial charge in [-0.3, -0.25) is 4.79 Å². The van der Waals surface area contributed by atoms with Crippen molar-refractivity contribution in [2.45, 2.75) is 19.9 Å². The van der Waals surface area contributed by atoms with Crippen LogP contribution in [-0.2, 0) is 17.8 Å². The quantitative estimate of drug-likeness (QED) is 0.852. The Morgan fingerprint density at radius 3 is 2.73 bits per heavy atom. The van der Waals surface area contributed by atoms with Crippen molar-refractivity contribution >= 4 is 5.91 Å². The number of aromatic nitrogens is 1. The van der Waals surface area contributed by atoms with Crippen LogP contribution in [0.5, 0.6) is 11.6 Å². The first kappa shape index (κ1) is 15.8. The Balaban J connectivity index is 1.96. The van der Waals surface area contributed by atoms with Crippen molar-refractivity contribution in [2.24, 2.45) is 0 Å². The molecule has 116 valence electrons. The van der Waals surface area contributed by atoms with Crippen molar-refractivity contribution in [3.8, 4) is 11.6 Å². The lowest BCUT2D eigenvalue weighted by molar-refractivity contribution is -0.120. The second-order valence-corrected chi connectivity index (χ2v) is 4.67. The third-order valence-electron chi connectivity index (χ3n) is 3.15. The molecule has 5 heteroatoms. The van der Waals surface area contributed by atoms with Gasteiger partial charge in [0, 0.05) is 23.9 Å². The topological polar surface area (TPSA) is 60.5 Å². The molecule has 0 bridgehead atoms. The first-order valence-corrected chi connectivity index (χ1v) is 7.20. The first-order valence-electron chi connectivity index (χ1n) is 7.20. The molecule has 5 nitrogen and oxygen atoms in total. The standard InChI is InChI=1S/C17H20N2O3/c1-3-22-17-14(8-6-10-18-17)12-19-16(20)11-13-7-4-5-9-15(13)21-2/h4-10H,3,11-12H2,1-2H3,(H,19,20). The minimum atomic E-state index is -0.0733. The summed E-state index contributed by atoms with van der Waals surface area (Å²) in [5, 5.41) is 2.88. The zero-order valence-corrected chi connectivity index (χ0v) is 12.8. The molecule has 1 aromatic heterocycles. The van der Waals surface area contributed by atoms with Crippen LogP contribution in [0.25, 0.3) is 0 Å². The number of nitrogens with zero attached hydrogens (tertiary/aromatic N) is 1. The van der Waals surface area contributed by atoms with E-state index in [-0.39, 0.29) is 12.3 Å². The molecule has 1 heterocycles. The van der Waals surface area contributed by atoms with Gasteiger partial charge in [-0.05, 0) is 19.1 Å². The molecular formula is C17H20N2O3. The number of hydrogen-bond acceptors (Lipinski definition) is 4. The van der Waals surface area contributed by atoms with Crippen LogP contribution in [0.1, 0.15) is 18.1 Å². The monoisotopic (exact) mass is 300 g/mol. The van der Waals surface area contributed by atoms with Gasteiger partial charge in [-0.25, -0.2) is 4.98 Å². The summed E-state index contributed by atoms with van der Waals surface area (Å²) >= 11 is 0. The maximum Gasteiger partial charge on any atom is 0.224 e. The smallest absolute Gasteiger partial charge is 0.224 e. The zero-order valence-electron chi connectivity index (χ0n) is 12.8. The van der Waals surface area contributed by atoms with E-state index in [0.29, 0.717) is 24.8 Å². The van der Waals surface area contributed by atoms with Crippen molar-refractivity contribution < 1.29 is 14.3 Å². The molecule has 1 amide bonds. The average molecular weight is 300 g/mol. The zero-order chi connectivity index (χ0) is 15.8. The number of hydrogen-bond donors (Lipinski definition) is 1. The molecule has 0 aliphatic rings. The molecule has 2 aromatic rings. The number of pyridine rings is 1. The predicted molar refractivity (Wildman–Crippen MR) is 84.0 cm³/mol. The van der Waals surface area contributed by atoms with E-state index in [1.807, 2.05) is 43.3 Å². The molecule has 22 heavy (non-hydrogen) atoms. The van der Waals surface area contributed by atoms with Crippen LogP contribution in [0, 0.1) is 0 Å². The Kier molecular flexibility index (Phi) is 5.77. The summed E-state index contributed by atoms with van der Waals surface area (Å²) < 4.78 is 10.7. The van der Waals surface area contributed by atoms with Gasteiger partial charge in [-0.1, -0.05) is 24.3 Å². The molecule has 1 aromatic carbocycles. The van der Waals surface area contributed by atoms with Crippen LogP contribution in [-0.4, -0.2) is 24.6 Å². The van der Waals surface area contributed by atoms with E-state index in [2.05, 4.69) is 10.3 Å². The molecule has 0 spiro atoms. The number of carbonyl (C=O) groups excluding carboxylic acids is 1. The van der Waals surface area contributed by atoms with Crippen LogP contribution in [0.15, 0.2) is 42.6 Å². The fourth-order valence-corrected chi connectivity index (χ4v) is 2.10. The van der Waals surface area contributed by atoms with Gasteiger partial charge in [0.1, 0.15) is 5.75 Å². The number of rotatable bonds is 7. The number of amides is 1. The van der Waals surface area contributed by atoms with Gasteiger partial charge in [0.25, 0.3) is 0 Å². The Bertz CT molecular complexity index is 629. The molecule has 0 aliphatic heterocycles. The van der Waals surface area contributed by atoms with Gasteiger partial charge < -0.3 is 14.8 Å². The molecule has 1 N–H and O–H groups in total. The molecule has 0 aliphatic carbocycles. The lowest BCUT2D eigenvalue weighted by atomic mass is 10.1. The maximum absolute atomic E-state index is 12.1. The normalized spacial score (nSPS) is 10.1. The second kappa shape index (κ2) is 8.02. The van der Waals surface area contributed by atoms with E-state index in [9.17, 15) is 4.79 Å². The third kappa shape index (κ3) is 4.22. The van der Waals surface area contributed by atoms with Gasteiger partial charge in [-0.2, -0.15) is 0 Å². The summed E-state index contributed by atoms with van der Waals surface area (Å²) in [7, 11) is 1.60. The van der Waals surface area contributed by atoms with Crippen LogP contribution in [0.2, 0.25) is 0 Å². The van der Waals surface area contributed by atoms with Crippen molar-refractivity contribution in [1.82, 2.24) is 10.3 Å². The number of benzene rings is 1. The highest BCUT2D eigenvalue weighted by atomic mass is 16.5. The second-order valence-electron chi connectivity index (χ2n) is 4.67. The van der Waals surface area contributed by atoms with E-state index in [4.69, 9.17) is 9.47 Å². The van der Waals surface area contributed by atoms with Gasteiger partial charge >= 0.3 is 0 Å². The van der Waals surface area contributed by atoms with Crippen molar-refractivity contribution in [3.05, 3.63) is 53.7 Å². The highest BCUT2D eigenvalue weighted by Gasteiger charge is 2.10. The molecule has 0 radical (unpaired) electrons. The molecule has 0 saturated heterocycles. The van der Waals surface area contributed by atoms with Gasteiger partial charge in [0.15, 0.2) is 0 Å². The predicted octanol–water partition coefficient (Wildman–Crippen LogP) is 2.35. The number of carbonyl (C=O) groups is 1. The van der Waals surface area contributed by atoms with Crippen molar-refractivity contribution in [1.29, 1.82) is 0 Å². The molecule has 0 saturated carbocycles. The lowest BCUT2D eigenvalue weighted by Gasteiger charge is -2.11. The largest absolute Gasteiger partial charge is 0.496 e. The third-order valence-corrected chi connectivity index (χ3v) is 3.15. The fraction of sp³-hybridized carbons (Fsp3) is 0.294. The Morgan fingerprint density at radius 1 is 1.18 bits per heavy atom. The number of para-hydroxylation sites is 1. The highest BCUT2D eigenvalue weighted by molar-refractivity contribution is 5.79. The fourth-order valence-electron chi connectivity index (χ4n) is 2.10. The average Bonchev–Trinajstić information content (AvgIpc) is 2.55. The first-order chi connectivity index (χ1) is 10.7. The lowest BCUT2D eigenvalue weighted by Crippen LogP contribution is -2.25. The summed E-state index contributed by atoms with van der Waals surface area (Å²) in [5.74, 6) is 1.20. The van der Waals surface area contributed by atoms with E-state index in [1.165, 1.54) is 0 Å². The number of nitrogens with one attached hydrogen (secondary N) is 1. The van der Waals surface area contributed by atoms with Crippen molar-refractivity contribution in [3.63, 3.8) is 0 Å². The van der Waals surface area contributed by atoms with E-state index >= 15 is 0 Å². The highest BCUT2D eigenvalue weighted by Crippen LogP contribution is 2.18. The Hall–Kier alpha value is -2.56. The summed E-state index contributed by atoms with van der Waals surface area (Å²) in [6.45, 7) is 2.83. The van der Waals surface area contributed by atoms with Gasteiger partial charge in [-0.15, -0.1) is 0 Å². The number of methoxy groups -OCH3 is 1. The van der Waals surface area contributed by atoms with E-state index in [1.54, 1.807) is 13.3 Å². The summed E-state index contributed by atoms with van der Waals surface area (Å²) in [5.41, 5.74) is 1.72. The molecule has 2 rings (SSSR count). The molecular weight excluding hydrogens is 280 g/mol. The molecule has 0 fully saturated rings. The van der Waals surface area contributed by atoms with Crippen LogP contribution < -0.4 is 14.8 Å². The SMILES string of the molecule is CCOc1ncccc1CNC(=O)Cc1ccccc1OC. The number of ether oxygens (including phenoxy) is 2. The van der Waals surface area contributed by atoms with E-state index in [0.717, 1.165) is 11.1 Å². The minimum absolute atomic E-state index is 0.0733. The van der Waals surface area contributed by atoms with Crippen LogP contribution in [0.3, 0.4) is 0 Å². The Morgan fingerprint density at radius 2 is 1.95 bits per heavy atom. The van der Waals surface area contributed by atoms with Gasteiger partial charge in [0.05, 0.1) is 20.1 Å². The van der Waals surface area contributed by atoms with Gasteiger partial charge in [0.2, 0.25) is 11.8 Å². The van der Waals surface area contributed by atoms with Crippen molar-refractivity contribution in [2.75, 3.05) is 13.7 Å². The van der Waals surface area contributed by atoms with Crippen LogP contribution >= 0.6 is 0 Å². The van der Waals surface area contributed by atoms with E-state index < -0.39 is 0 Å². The Labute approximate surface area is 130 Å². The summed E-state index contributed by atoms with van der Waals surface area (Å²) in [6.07, 6.45) is 1.94. The molecule has 0 atom stereocenters. The minimum Gasteiger partial charge on any atom is -0.496 e. The summed E-state index contributed by atoms with van der Waals surface area (Å²) in [6, 6.07) is 11.2.